The molecule has 98 valence electrons. The molecule has 0 aliphatic carbocycles. The second kappa shape index (κ2) is 6.07. The van der Waals surface area contributed by atoms with Gasteiger partial charge in [0.1, 0.15) is 5.75 Å². The van der Waals surface area contributed by atoms with E-state index >= 15 is 0 Å². The van der Waals surface area contributed by atoms with Crippen LogP contribution in [0.15, 0.2) is 24.3 Å². The standard InChI is InChI=1S/C13H17ClN2O2/c1-16(11-5-6-15-8-11)13(17)9-18-12-4-2-3-10(14)7-12/h2-4,7,11,15H,5-6,8-9H2,1H3. The lowest BCUT2D eigenvalue weighted by molar-refractivity contribution is -0.133. The zero-order valence-electron chi connectivity index (χ0n) is 10.4. The Morgan fingerprint density at radius 3 is 3.11 bits per heavy atom. The highest BCUT2D eigenvalue weighted by Crippen LogP contribution is 2.17. The minimum atomic E-state index is -0.0105. The lowest BCUT2D eigenvalue weighted by atomic mass is 10.2. The predicted molar refractivity (Wildman–Crippen MR) is 71.0 cm³/mol. The summed E-state index contributed by atoms with van der Waals surface area (Å²) in [7, 11) is 1.82. The van der Waals surface area contributed by atoms with Gasteiger partial charge < -0.3 is 15.0 Å². The molecule has 0 radical (unpaired) electrons. The van der Waals surface area contributed by atoms with Crippen LogP contribution >= 0.6 is 11.6 Å². The number of amides is 1. The average molecular weight is 269 g/mol. The van der Waals surface area contributed by atoms with Crippen molar-refractivity contribution in [3.63, 3.8) is 0 Å². The van der Waals surface area contributed by atoms with Crippen molar-refractivity contribution < 1.29 is 9.53 Å². The fourth-order valence-corrected chi connectivity index (χ4v) is 2.16. The SMILES string of the molecule is CN(C(=O)COc1cccc(Cl)c1)C1CCNC1. The van der Waals surface area contributed by atoms with Crippen molar-refractivity contribution in [1.29, 1.82) is 0 Å². The zero-order chi connectivity index (χ0) is 13.0. The van der Waals surface area contributed by atoms with Gasteiger partial charge in [-0.3, -0.25) is 4.79 Å². The van der Waals surface area contributed by atoms with E-state index in [0.29, 0.717) is 10.8 Å². The first-order chi connectivity index (χ1) is 8.66. The van der Waals surface area contributed by atoms with E-state index in [9.17, 15) is 4.79 Å². The third-order valence-corrected chi connectivity index (χ3v) is 3.37. The van der Waals surface area contributed by atoms with Crippen molar-refractivity contribution in [2.75, 3.05) is 26.7 Å². The van der Waals surface area contributed by atoms with Crippen molar-refractivity contribution in [2.45, 2.75) is 12.5 Å². The van der Waals surface area contributed by atoms with E-state index in [1.54, 1.807) is 29.2 Å². The van der Waals surface area contributed by atoms with Gasteiger partial charge >= 0.3 is 0 Å². The topological polar surface area (TPSA) is 41.6 Å². The Hall–Kier alpha value is -1.26. The Kier molecular flexibility index (Phi) is 4.44. The van der Waals surface area contributed by atoms with Crippen molar-refractivity contribution >= 4 is 17.5 Å². The van der Waals surface area contributed by atoms with Crippen LogP contribution in [-0.4, -0.2) is 43.6 Å². The van der Waals surface area contributed by atoms with Crippen molar-refractivity contribution in [2.24, 2.45) is 0 Å². The van der Waals surface area contributed by atoms with Gasteiger partial charge in [0.15, 0.2) is 6.61 Å². The first-order valence-corrected chi connectivity index (χ1v) is 6.39. The minimum Gasteiger partial charge on any atom is -0.484 e. The highest BCUT2D eigenvalue weighted by Gasteiger charge is 2.23. The van der Waals surface area contributed by atoms with E-state index in [1.165, 1.54) is 0 Å². The molecule has 1 aliphatic heterocycles. The van der Waals surface area contributed by atoms with Gasteiger partial charge in [0.05, 0.1) is 0 Å². The molecule has 1 N–H and O–H groups in total. The van der Waals surface area contributed by atoms with Gasteiger partial charge in [-0.25, -0.2) is 0 Å². The van der Waals surface area contributed by atoms with Crippen LogP contribution < -0.4 is 10.1 Å². The third kappa shape index (κ3) is 3.37. The first kappa shape index (κ1) is 13.2. The Morgan fingerprint density at radius 2 is 2.44 bits per heavy atom. The molecule has 1 aromatic carbocycles. The van der Waals surface area contributed by atoms with Gasteiger partial charge in [0.25, 0.3) is 5.91 Å². The van der Waals surface area contributed by atoms with Crippen LogP contribution in [0, 0.1) is 0 Å². The van der Waals surface area contributed by atoms with Crippen molar-refractivity contribution in [3.8, 4) is 5.75 Å². The molecule has 1 aliphatic rings. The summed E-state index contributed by atoms with van der Waals surface area (Å²) in [6, 6.07) is 7.34. The second-order valence-corrected chi connectivity index (χ2v) is 4.83. The van der Waals surface area contributed by atoms with Crippen LogP contribution in [-0.2, 0) is 4.79 Å². The molecule has 4 nitrogen and oxygen atoms in total. The summed E-state index contributed by atoms with van der Waals surface area (Å²) in [6.45, 7) is 1.88. The van der Waals surface area contributed by atoms with Gasteiger partial charge in [0.2, 0.25) is 0 Å². The van der Waals surface area contributed by atoms with E-state index in [2.05, 4.69) is 5.32 Å². The number of carbonyl (C=O) groups excluding carboxylic acids is 1. The van der Waals surface area contributed by atoms with Crippen molar-refractivity contribution in [1.82, 2.24) is 10.2 Å². The summed E-state index contributed by atoms with van der Waals surface area (Å²) >= 11 is 5.84. The third-order valence-electron chi connectivity index (χ3n) is 3.13. The fraction of sp³-hybridized carbons (Fsp3) is 0.462. The number of hydrogen-bond acceptors (Lipinski definition) is 3. The maximum atomic E-state index is 11.9. The quantitative estimate of drug-likeness (QED) is 0.901. The van der Waals surface area contributed by atoms with Crippen LogP contribution in [0.2, 0.25) is 5.02 Å². The number of halogens is 1. The number of rotatable bonds is 4. The Bertz CT molecular complexity index is 419. The number of likely N-dealkylation sites (N-methyl/N-ethyl adjacent to an activating group) is 1. The highest BCUT2D eigenvalue weighted by atomic mass is 35.5. The van der Waals surface area contributed by atoms with E-state index in [4.69, 9.17) is 16.3 Å². The van der Waals surface area contributed by atoms with Crippen LogP contribution in [0.3, 0.4) is 0 Å². The molecular formula is C13H17ClN2O2. The molecule has 0 aromatic heterocycles. The maximum Gasteiger partial charge on any atom is 0.260 e. The Balaban J connectivity index is 1.84. The molecule has 18 heavy (non-hydrogen) atoms. The summed E-state index contributed by atoms with van der Waals surface area (Å²) in [6.07, 6.45) is 0.999. The second-order valence-electron chi connectivity index (χ2n) is 4.40. The van der Waals surface area contributed by atoms with Crippen molar-refractivity contribution in [3.05, 3.63) is 29.3 Å². The molecular weight excluding hydrogens is 252 g/mol. The molecule has 2 rings (SSSR count). The molecule has 1 fully saturated rings. The van der Waals surface area contributed by atoms with E-state index < -0.39 is 0 Å². The summed E-state index contributed by atoms with van der Waals surface area (Å²) in [5, 5.41) is 3.84. The average Bonchev–Trinajstić information content (AvgIpc) is 2.89. The number of nitrogens with one attached hydrogen (secondary N) is 1. The fourth-order valence-electron chi connectivity index (χ4n) is 1.98. The van der Waals surface area contributed by atoms with Crippen LogP contribution in [0.4, 0.5) is 0 Å². The summed E-state index contributed by atoms with van der Waals surface area (Å²) in [5.41, 5.74) is 0. The Labute approximate surface area is 112 Å². The zero-order valence-corrected chi connectivity index (χ0v) is 11.1. The molecule has 5 heteroatoms. The molecule has 1 heterocycles. The molecule has 0 bridgehead atoms. The van der Waals surface area contributed by atoms with E-state index in [-0.39, 0.29) is 18.6 Å². The molecule has 0 spiro atoms. The van der Waals surface area contributed by atoms with Crippen LogP contribution in [0.1, 0.15) is 6.42 Å². The summed E-state index contributed by atoms with van der Waals surface area (Å²) in [4.78, 5) is 13.7. The van der Waals surface area contributed by atoms with Crippen LogP contribution in [0.25, 0.3) is 0 Å². The smallest absolute Gasteiger partial charge is 0.260 e. The summed E-state index contributed by atoms with van der Waals surface area (Å²) in [5.74, 6) is 0.609. The summed E-state index contributed by atoms with van der Waals surface area (Å²) < 4.78 is 5.43. The number of ether oxygens (including phenoxy) is 1. The highest BCUT2D eigenvalue weighted by molar-refractivity contribution is 6.30. The number of carbonyl (C=O) groups is 1. The largest absolute Gasteiger partial charge is 0.484 e. The molecule has 0 saturated carbocycles. The predicted octanol–water partition coefficient (Wildman–Crippen LogP) is 1.54. The maximum absolute atomic E-state index is 11.9. The number of benzene rings is 1. The van der Waals surface area contributed by atoms with Gasteiger partial charge in [-0.05, 0) is 31.2 Å². The number of nitrogens with zero attached hydrogens (tertiary/aromatic N) is 1. The van der Waals surface area contributed by atoms with Gasteiger partial charge in [-0.15, -0.1) is 0 Å². The van der Waals surface area contributed by atoms with Crippen LogP contribution in [0.5, 0.6) is 5.75 Å². The lowest BCUT2D eigenvalue weighted by Gasteiger charge is -2.23. The van der Waals surface area contributed by atoms with Gasteiger partial charge in [-0.2, -0.15) is 0 Å². The molecule has 1 unspecified atom stereocenters. The lowest BCUT2D eigenvalue weighted by Crippen LogP contribution is -2.40. The normalized spacial score (nSPS) is 18.7. The Morgan fingerprint density at radius 1 is 1.61 bits per heavy atom. The van der Waals surface area contributed by atoms with E-state index in [1.807, 2.05) is 7.05 Å². The van der Waals surface area contributed by atoms with E-state index in [0.717, 1.165) is 19.5 Å². The molecule has 1 atom stereocenters. The molecule has 1 amide bonds. The first-order valence-electron chi connectivity index (χ1n) is 6.01. The number of hydrogen-bond donors (Lipinski definition) is 1. The molecule has 1 saturated heterocycles. The monoisotopic (exact) mass is 268 g/mol. The molecule has 1 aromatic rings. The van der Waals surface area contributed by atoms with Gasteiger partial charge in [0, 0.05) is 24.7 Å². The minimum absolute atomic E-state index is 0.0105. The van der Waals surface area contributed by atoms with Gasteiger partial charge in [-0.1, -0.05) is 17.7 Å².